The molecule has 0 amide bonds. The third-order valence-corrected chi connectivity index (χ3v) is 4.02. The molecule has 1 aromatic carbocycles. The second-order valence-electron chi connectivity index (χ2n) is 5.77. The van der Waals surface area contributed by atoms with E-state index in [1.165, 1.54) is 24.0 Å². The maximum absolute atomic E-state index is 5.92. The van der Waals surface area contributed by atoms with Gasteiger partial charge in [0.05, 0.1) is 6.21 Å². The van der Waals surface area contributed by atoms with Gasteiger partial charge in [-0.15, -0.1) is 5.10 Å². The molecule has 0 saturated carbocycles. The number of aromatic nitrogens is 1. The van der Waals surface area contributed by atoms with Crippen LogP contribution >= 0.6 is 0 Å². The molecule has 3 rings (SSSR count). The minimum atomic E-state index is 0.507. The number of guanidine groups is 1. The fourth-order valence-electron chi connectivity index (χ4n) is 2.62. The van der Waals surface area contributed by atoms with Crippen LogP contribution in [0.3, 0.4) is 0 Å². The van der Waals surface area contributed by atoms with Crippen molar-refractivity contribution in [3.8, 4) is 11.1 Å². The van der Waals surface area contributed by atoms with Crippen molar-refractivity contribution in [3.63, 3.8) is 0 Å². The maximum atomic E-state index is 5.92. The second-order valence-corrected chi connectivity index (χ2v) is 5.77. The van der Waals surface area contributed by atoms with E-state index >= 15 is 0 Å². The molecule has 118 valence electrons. The molecular weight excluding hydrogens is 286 g/mol. The lowest BCUT2D eigenvalue weighted by Gasteiger charge is -2.13. The van der Waals surface area contributed by atoms with Crippen LogP contribution in [0.4, 0.5) is 0 Å². The zero-order valence-electron chi connectivity index (χ0n) is 13.4. The van der Waals surface area contributed by atoms with Gasteiger partial charge in [0.2, 0.25) is 5.96 Å². The minimum Gasteiger partial charge on any atom is -0.368 e. The van der Waals surface area contributed by atoms with Gasteiger partial charge in [0.25, 0.3) is 0 Å². The van der Waals surface area contributed by atoms with Crippen LogP contribution < -0.4 is 10.3 Å². The predicted octanol–water partition coefficient (Wildman–Crippen LogP) is 1.92. The first-order chi connectivity index (χ1) is 11.2. The molecule has 1 fully saturated rings. The van der Waals surface area contributed by atoms with Crippen LogP contribution in [0.25, 0.3) is 11.1 Å². The lowest BCUT2D eigenvalue weighted by molar-refractivity contribution is -0.671. The molecule has 1 saturated heterocycles. The molecule has 1 aromatic heterocycles. The molecule has 0 unspecified atom stereocenters. The summed E-state index contributed by atoms with van der Waals surface area (Å²) in [5.74, 6) is 0.507. The highest BCUT2D eigenvalue weighted by atomic mass is 15.3. The Labute approximate surface area is 136 Å². The molecule has 1 aliphatic heterocycles. The number of nitrogens with zero attached hydrogens (tertiary/aromatic N) is 4. The molecule has 2 heterocycles. The third kappa shape index (κ3) is 3.94. The van der Waals surface area contributed by atoms with E-state index in [4.69, 9.17) is 5.73 Å². The highest BCUT2D eigenvalue weighted by molar-refractivity contribution is 5.83. The van der Waals surface area contributed by atoms with Crippen LogP contribution in [0.15, 0.2) is 59.0 Å². The average Bonchev–Trinajstić information content (AvgIpc) is 3.11. The minimum absolute atomic E-state index is 0.507. The van der Waals surface area contributed by atoms with Gasteiger partial charge in [-0.1, -0.05) is 24.3 Å². The SMILES string of the molecule is C[n+]1ccc(-c2ccc(C=NN=C(N)N3CCCC3)cc2)cc1. The van der Waals surface area contributed by atoms with Crippen LogP contribution in [0.5, 0.6) is 0 Å². The van der Waals surface area contributed by atoms with Gasteiger partial charge >= 0.3 is 0 Å². The van der Waals surface area contributed by atoms with Gasteiger partial charge < -0.3 is 10.6 Å². The summed E-state index contributed by atoms with van der Waals surface area (Å²) in [6.45, 7) is 1.96. The first-order valence-corrected chi connectivity index (χ1v) is 7.89. The normalized spacial score (nSPS) is 15.5. The van der Waals surface area contributed by atoms with Crippen molar-refractivity contribution >= 4 is 12.2 Å². The average molecular weight is 308 g/mol. The van der Waals surface area contributed by atoms with Crippen LogP contribution in [-0.2, 0) is 7.05 Å². The third-order valence-electron chi connectivity index (χ3n) is 4.02. The number of benzene rings is 1. The molecule has 0 aliphatic carbocycles. The fraction of sp³-hybridized carbons (Fsp3) is 0.278. The van der Waals surface area contributed by atoms with E-state index in [0.29, 0.717) is 5.96 Å². The van der Waals surface area contributed by atoms with Crippen molar-refractivity contribution in [2.45, 2.75) is 12.8 Å². The number of likely N-dealkylation sites (tertiary alicyclic amines) is 1. The Morgan fingerprint density at radius 2 is 1.65 bits per heavy atom. The van der Waals surface area contributed by atoms with Crippen LogP contribution in [-0.4, -0.2) is 30.2 Å². The van der Waals surface area contributed by atoms with E-state index in [-0.39, 0.29) is 0 Å². The molecule has 2 N–H and O–H groups in total. The van der Waals surface area contributed by atoms with E-state index in [0.717, 1.165) is 18.7 Å². The van der Waals surface area contributed by atoms with Crippen molar-refractivity contribution < 1.29 is 4.57 Å². The van der Waals surface area contributed by atoms with Gasteiger partial charge in [0.1, 0.15) is 7.05 Å². The molecule has 0 spiro atoms. The fourth-order valence-corrected chi connectivity index (χ4v) is 2.62. The molecule has 0 atom stereocenters. The Bertz CT molecular complexity index is 695. The van der Waals surface area contributed by atoms with E-state index in [2.05, 4.69) is 39.4 Å². The summed E-state index contributed by atoms with van der Waals surface area (Å²) >= 11 is 0. The predicted molar refractivity (Wildman–Crippen MR) is 93.1 cm³/mol. The highest BCUT2D eigenvalue weighted by Gasteiger charge is 2.12. The topological polar surface area (TPSA) is 57.9 Å². The summed E-state index contributed by atoms with van der Waals surface area (Å²) in [6.07, 6.45) is 8.18. The summed E-state index contributed by atoms with van der Waals surface area (Å²) < 4.78 is 2.02. The second kappa shape index (κ2) is 7.05. The number of hydrogen-bond donors (Lipinski definition) is 1. The summed E-state index contributed by atoms with van der Waals surface area (Å²) in [5, 5.41) is 8.17. The van der Waals surface area contributed by atoms with E-state index in [1.807, 2.05) is 36.1 Å². The Balaban J connectivity index is 1.66. The molecule has 1 aliphatic rings. The van der Waals surface area contributed by atoms with Crippen LogP contribution in [0.2, 0.25) is 0 Å². The summed E-state index contributed by atoms with van der Waals surface area (Å²) in [6, 6.07) is 12.4. The summed E-state index contributed by atoms with van der Waals surface area (Å²) in [7, 11) is 2.01. The van der Waals surface area contributed by atoms with Crippen molar-refractivity contribution in [1.29, 1.82) is 0 Å². The Morgan fingerprint density at radius 1 is 1.04 bits per heavy atom. The van der Waals surface area contributed by atoms with E-state index in [1.54, 1.807) is 6.21 Å². The monoisotopic (exact) mass is 308 g/mol. The molecule has 2 aromatic rings. The molecule has 0 bridgehead atoms. The van der Waals surface area contributed by atoms with Crippen LogP contribution in [0, 0.1) is 0 Å². The molecular formula is C18H22N5+. The van der Waals surface area contributed by atoms with Crippen molar-refractivity contribution in [2.24, 2.45) is 23.0 Å². The summed E-state index contributed by atoms with van der Waals surface area (Å²) in [4.78, 5) is 2.07. The summed E-state index contributed by atoms with van der Waals surface area (Å²) in [5.41, 5.74) is 9.30. The molecule has 0 radical (unpaired) electrons. The van der Waals surface area contributed by atoms with Gasteiger partial charge in [-0.25, -0.2) is 4.57 Å². The van der Waals surface area contributed by atoms with Gasteiger partial charge in [-0.05, 0) is 29.5 Å². The first kappa shape index (κ1) is 15.2. The largest absolute Gasteiger partial charge is 0.368 e. The van der Waals surface area contributed by atoms with E-state index in [9.17, 15) is 0 Å². The van der Waals surface area contributed by atoms with E-state index < -0.39 is 0 Å². The lowest BCUT2D eigenvalue weighted by atomic mass is 10.1. The van der Waals surface area contributed by atoms with Crippen molar-refractivity contribution in [1.82, 2.24) is 4.90 Å². The number of pyridine rings is 1. The van der Waals surface area contributed by atoms with Gasteiger partial charge in [0, 0.05) is 25.2 Å². The van der Waals surface area contributed by atoms with Crippen LogP contribution in [0.1, 0.15) is 18.4 Å². The number of nitrogens with two attached hydrogens (primary N) is 1. The van der Waals surface area contributed by atoms with Crippen molar-refractivity contribution in [2.75, 3.05) is 13.1 Å². The maximum Gasteiger partial charge on any atom is 0.216 e. The highest BCUT2D eigenvalue weighted by Crippen LogP contribution is 2.17. The molecule has 23 heavy (non-hydrogen) atoms. The zero-order chi connectivity index (χ0) is 16.1. The van der Waals surface area contributed by atoms with Gasteiger partial charge in [-0.3, -0.25) is 0 Å². The quantitative estimate of drug-likeness (QED) is 0.408. The number of aryl methyl sites for hydroxylation is 1. The van der Waals surface area contributed by atoms with Gasteiger partial charge in [0.15, 0.2) is 12.4 Å². The lowest BCUT2D eigenvalue weighted by Crippen LogP contribution is -2.34. The van der Waals surface area contributed by atoms with Gasteiger partial charge in [-0.2, -0.15) is 5.10 Å². The van der Waals surface area contributed by atoms with Crippen molar-refractivity contribution in [3.05, 3.63) is 54.4 Å². The Morgan fingerprint density at radius 3 is 2.30 bits per heavy atom. The Kier molecular flexibility index (Phi) is 4.66. The standard InChI is InChI=1S/C18H21N5/c1-22-12-8-17(9-13-22)16-6-4-15(5-7-16)14-20-21-18(19)23-10-2-3-11-23/h4-9,12-14,19H,2-3,10-11H2,1H3/p+1. The zero-order valence-corrected chi connectivity index (χ0v) is 13.4. The number of hydrogen-bond acceptors (Lipinski definition) is 2. The molecule has 5 heteroatoms. The molecule has 5 nitrogen and oxygen atoms in total. The number of rotatable bonds is 3. The smallest absolute Gasteiger partial charge is 0.216 e. The Hall–Kier alpha value is -2.69. The first-order valence-electron chi connectivity index (χ1n) is 7.89.